The number of ketones is 1. The smallest absolute Gasteiger partial charge is 0.234 e. The summed E-state index contributed by atoms with van der Waals surface area (Å²) in [5, 5.41) is 17.2. The van der Waals surface area contributed by atoms with E-state index in [2.05, 4.69) is 16.7 Å². The standard InChI is InChI=1S/C23H20ClN3O3S/c1-13-15(24)5-2-6-16(13)26-20(29)12-31-23-14(11-25)21(19-9-4-10-30-19)22-17(27-23)7-3-8-18(22)28/h2,4-6,9-10,21,27H,3,7-8,12H2,1H3,(H,26,29)/t21-/m1/s1. The van der Waals surface area contributed by atoms with Gasteiger partial charge in [0.1, 0.15) is 5.76 Å². The molecule has 1 aromatic heterocycles. The first-order valence-electron chi connectivity index (χ1n) is 9.88. The Morgan fingerprint density at radius 1 is 1.35 bits per heavy atom. The average molecular weight is 454 g/mol. The lowest BCUT2D eigenvalue weighted by Gasteiger charge is -2.32. The van der Waals surface area contributed by atoms with Crippen LogP contribution in [0.4, 0.5) is 5.69 Å². The van der Waals surface area contributed by atoms with Crippen LogP contribution in [0, 0.1) is 18.3 Å². The van der Waals surface area contributed by atoms with Crippen LogP contribution in [0.15, 0.2) is 62.9 Å². The number of dihydropyridines is 1. The van der Waals surface area contributed by atoms with E-state index in [0.717, 1.165) is 24.1 Å². The molecule has 0 spiro atoms. The maximum Gasteiger partial charge on any atom is 0.234 e. The van der Waals surface area contributed by atoms with Crippen molar-refractivity contribution in [3.8, 4) is 6.07 Å². The Balaban J connectivity index is 1.58. The van der Waals surface area contributed by atoms with E-state index in [1.54, 1.807) is 30.3 Å². The highest BCUT2D eigenvalue weighted by molar-refractivity contribution is 8.03. The van der Waals surface area contributed by atoms with Crippen molar-refractivity contribution in [2.45, 2.75) is 32.1 Å². The van der Waals surface area contributed by atoms with Crippen LogP contribution in [0.3, 0.4) is 0 Å². The molecule has 2 aliphatic rings. The lowest BCUT2D eigenvalue weighted by Crippen LogP contribution is -2.31. The Morgan fingerprint density at radius 2 is 2.19 bits per heavy atom. The van der Waals surface area contributed by atoms with Crippen molar-refractivity contribution in [3.63, 3.8) is 0 Å². The molecular weight excluding hydrogens is 434 g/mol. The molecule has 0 saturated heterocycles. The van der Waals surface area contributed by atoms with Crippen molar-refractivity contribution in [2.24, 2.45) is 0 Å². The van der Waals surface area contributed by atoms with Crippen LogP contribution >= 0.6 is 23.4 Å². The molecule has 0 unspecified atom stereocenters. The molecule has 0 bridgehead atoms. The maximum absolute atomic E-state index is 12.7. The second-order valence-electron chi connectivity index (χ2n) is 7.35. The summed E-state index contributed by atoms with van der Waals surface area (Å²) < 4.78 is 5.58. The Morgan fingerprint density at radius 3 is 2.94 bits per heavy atom. The number of nitrogens with zero attached hydrogens (tertiary/aromatic N) is 1. The predicted octanol–water partition coefficient (Wildman–Crippen LogP) is 5.04. The van der Waals surface area contributed by atoms with Gasteiger partial charge in [0.2, 0.25) is 5.91 Å². The number of carbonyl (C=O) groups excluding carboxylic acids is 2. The number of hydrogen-bond donors (Lipinski definition) is 2. The van der Waals surface area contributed by atoms with Crippen LogP contribution in [-0.4, -0.2) is 17.4 Å². The summed E-state index contributed by atoms with van der Waals surface area (Å²) in [5.74, 6) is -0.0826. The number of carbonyl (C=O) groups is 2. The van der Waals surface area contributed by atoms with Gasteiger partial charge in [0.25, 0.3) is 0 Å². The second-order valence-corrected chi connectivity index (χ2v) is 8.74. The van der Waals surface area contributed by atoms with Crippen molar-refractivity contribution in [3.05, 3.63) is 74.8 Å². The number of nitriles is 1. The van der Waals surface area contributed by atoms with E-state index in [9.17, 15) is 14.9 Å². The molecule has 0 saturated carbocycles. The number of benzene rings is 1. The van der Waals surface area contributed by atoms with Gasteiger partial charge in [0.15, 0.2) is 5.78 Å². The Hall–Kier alpha value is -2.95. The summed E-state index contributed by atoms with van der Waals surface area (Å²) in [7, 11) is 0. The fraction of sp³-hybridized carbons (Fsp3) is 0.261. The molecule has 4 rings (SSSR count). The van der Waals surface area contributed by atoms with Crippen molar-refractivity contribution >= 4 is 40.7 Å². The number of furan rings is 1. The van der Waals surface area contributed by atoms with Gasteiger partial charge in [-0.1, -0.05) is 29.4 Å². The predicted molar refractivity (Wildman–Crippen MR) is 120 cm³/mol. The molecule has 6 nitrogen and oxygen atoms in total. The van der Waals surface area contributed by atoms with E-state index < -0.39 is 5.92 Å². The molecule has 1 atom stereocenters. The van der Waals surface area contributed by atoms with Gasteiger partial charge in [0.05, 0.1) is 34.6 Å². The molecular formula is C23H20ClN3O3S. The van der Waals surface area contributed by atoms with Crippen LogP contribution in [0.25, 0.3) is 0 Å². The van der Waals surface area contributed by atoms with Crippen LogP contribution in [-0.2, 0) is 9.59 Å². The van der Waals surface area contributed by atoms with Gasteiger partial charge in [-0.05, 0) is 49.6 Å². The zero-order valence-electron chi connectivity index (χ0n) is 16.8. The topological polar surface area (TPSA) is 95.1 Å². The fourth-order valence-electron chi connectivity index (χ4n) is 3.84. The first-order chi connectivity index (χ1) is 15.0. The Kier molecular flexibility index (Phi) is 6.21. The SMILES string of the molecule is Cc1c(Cl)cccc1NC(=O)CSC1=C(C#N)[C@H](c2ccco2)C2=C(CCCC2=O)N1. The molecule has 2 N–H and O–H groups in total. The zero-order valence-corrected chi connectivity index (χ0v) is 18.4. The van der Waals surface area contributed by atoms with Crippen molar-refractivity contribution in [1.29, 1.82) is 5.26 Å². The van der Waals surface area contributed by atoms with Crippen LogP contribution in [0.1, 0.15) is 36.5 Å². The van der Waals surface area contributed by atoms with E-state index in [1.807, 2.05) is 6.92 Å². The molecule has 8 heteroatoms. The van der Waals surface area contributed by atoms with Gasteiger partial charge < -0.3 is 15.1 Å². The van der Waals surface area contributed by atoms with E-state index in [-0.39, 0.29) is 17.4 Å². The highest BCUT2D eigenvalue weighted by atomic mass is 35.5. The normalized spacial score (nSPS) is 18.4. The molecule has 1 amide bonds. The van der Waals surface area contributed by atoms with Crippen molar-refractivity contribution in [2.75, 3.05) is 11.1 Å². The van der Waals surface area contributed by atoms with Crippen LogP contribution < -0.4 is 10.6 Å². The number of halogens is 1. The number of Topliss-reactive ketones (excluding diaryl/α,β-unsaturated/α-hetero) is 1. The molecule has 158 valence electrons. The van der Waals surface area contributed by atoms with E-state index in [0.29, 0.717) is 39.1 Å². The lowest BCUT2D eigenvalue weighted by molar-refractivity contribution is -0.116. The average Bonchev–Trinajstić information content (AvgIpc) is 3.29. The minimum atomic E-state index is -0.551. The highest BCUT2D eigenvalue weighted by Crippen LogP contribution is 2.44. The first kappa shape index (κ1) is 21.3. The quantitative estimate of drug-likeness (QED) is 0.658. The third-order valence-corrected chi connectivity index (χ3v) is 6.81. The van der Waals surface area contributed by atoms with Gasteiger partial charge in [-0.3, -0.25) is 9.59 Å². The van der Waals surface area contributed by atoms with Crippen LogP contribution in [0.5, 0.6) is 0 Å². The van der Waals surface area contributed by atoms with E-state index in [4.69, 9.17) is 16.0 Å². The maximum atomic E-state index is 12.7. The molecule has 1 aromatic carbocycles. The first-order valence-corrected chi connectivity index (χ1v) is 11.2. The minimum absolute atomic E-state index is 0.0288. The number of anilines is 1. The fourth-order valence-corrected chi connectivity index (χ4v) is 4.88. The summed E-state index contributed by atoms with van der Waals surface area (Å²) in [6.45, 7) is 1.84. The third kappa shape index (κ3) is 4.27. The van der Waals surface area contributed by atoms with E-state index >= 15 is 0 Å². The minimum Gasteiger partial charge on any atom is -0.468 e. The Labute approximate surface area is 189 Å². The molecule has 1 aliphatic carbocycles. The highest BCUT2D eigenvalue weighted by Gasteiger charge is 2.38. The summed E-state index contributed by atoms with van der Waals surface area (Å²) in [5.41, 5.74) is 3.25. The number of allylic oxidation sites excluding steroid dienone is 3. The number of thioether (sulfide) groups is 1. The van der Waals surface area contributed by atoms with Gasteiger partial charge in [-0.15, -0.1) is 0 Å². The van der Waals surface area contributed by atoms with Gasteiger partial charge >= 0.3 is 0 Å². The molecule has 1 aliphatic heterocycles. The lowest BCUT2D eigenvalue weighted by atomic mass is 9.79. The summed E-state index contributed by atoms with van der Waals surface area (Å²) in [6, 6.07) is 11.1. The molecule has 0 radical (unpaired) electrons. The van der Waals surface area contributed by atoms with Gasteiger partial charge in [-0.25, -0.2) is 0 Å². The summed E-state index contributed by atoms with van der Waals surface area (Å²) in [6.07, 6.45) is 3.46. The summed E-state index contributed by atoms with van der Waals surface area (Å²) in [4.78, 5) is 25.2. The molecule has 2 heterocycles. The number of amides is 1. The van der Waals surface area contributed by atoms with Crippen molar-refractivity contribution < 1.29 is 14.0 Å². The summed E-state index contributed by atoms with van der Waals surface area (Å²) >= 11 is 7.36. The zero-order chi connectivity index (χ0) is 22.0. The number of rotatable bonds is 5. The molecule has 0 fully saturated rings. The number of nitrogens with one attached hydrogen (secondary N) is 2. The number of hydrogen-bond acceptors (Lipinski definition) is 6. The van der Waals surface area contributed by atoms with Gasteiger partial charge in [0, 0.05) is 28.4 Å². The van der Waals surface area contributed by atoms with Gasteiger partial charge in [-0.2, -0.15) is 5.26 Å². The Bertz CT molecular complexity index is 1150. The largest absolute Gasteiger partial charge is 0.468 e. The van der Waals surface area contributed by atoms with Crippen molar-refractivity contribution in [1.82, 2.24) is 5.32 Å². The van der Waals surface area contributed by atoms with Crippen LogP contribution in [0.2, 0.25) is 5.02 Å². The second kappa shape index (κ2) is 9.04. The molecule has 2 aromatic rings. The van der Waals surface area contributed by atoms with E-state index in [1.165, 1.54) is 18.0 Å². The monoisotopic (exact) mass is 453 g/mol. The third-order valence-electron chi connectivity index (χ3n) is 5.38. The molecule has 31 heavy (non-hydrogen) atoms.